The summed E-state index contributed by atoms with van der Waals surface area (Å²) in [6.45, 7) is 4.44. The Morgan fingerprint density at radius 3 is 2.50 bits per heavy atom. The van der Waals surface area contributed by atoms with Crippen LogP contribution in [0.3, 0.4) is 0 Å². The van der Waals surface area contributed by atoms with Gasteiger partial charge in [-0.1, -0.05) is 35.9 Å². The van der Waals surface area contributed by atoms with Crippen LogP contribution >= 0.6 is 11.6 Å². The Kier molecular flexibility index (Phi) is 8.45. The second kappa shape index (κ2) is 10.6. The van der Waals surface area contributed by atoms with Gasteiger partial charge in [0.1, 0.15) is 18.0 Å². The molecule has 0 aromatic heterocycles. The molecule has 152 valence electrons. The SMILES string of the molecule is CCOc1ccc(Cc2cc(C3OC(C)CC(O)C3=O)ccc2Cl)cc1.CO. The number of aliphatic hydroxyl groups excluding tert-OH is 2. The fourth-order valence-electron chi connectivity index (χ4n) is 3.19. The molecule has 1 saturated heterocycles. The van der Waals surface area contributed by atoms with E-state index in [1.807, 2.05) is 44.2 Å². The number of halogens is 1. The van der Waals surface area contributed by atoms with Crippen LogP contribution < -0.4 is 4.74 Å². The Bertz CT molecular complexity index is 775. The quantitative estimate of drug-likeness (QED) is 0.791. The van der Waals surface area contributed by atoms with Crippen molar-refractivity contribution < 1.29 is 24.5 Å². The summed E-state index contributed by atoms with van der Waals surface area (Å²) in [4.78, 5) is 12.3. The predicted octanol–water partition coefficient (Wildman–Crippen LogP) is 3.72. The molecule has 5 nitrogen and oxygen atoms in total. The van der Waals surface area contributed by atoms with Crippen LogP contribution in [0.15, 0.2) is 42.5 Å². The van der Waals surface area contributed by atoms with E-state index in [9.17, 15) is 9.90 Å². The Hall–Kier alpha value is -1.92. The van der Waals surface area contributed by atoms with Crippen molar-refractivity contribution in [2.75, 3.05) is 13.7 Å². The average Bonchev–Trinajstić information content (AvgIpc) is 2.70. The molecule has 3 atom stereocenters. The highest BCUT2D eigenvalue weighted by molar-refractivity contribution is 6.31. The van der Waals surface area contributed by atoms with Gasteiger partial charge < -0.3 is 19.7 Å². The lowest BCUT2D eigenvalue weighted by molar-refractivity contribution is -0.156. The van der Waals surface area contributed by atoms with E-state index in [0.717, 1.165) is 29.5 Å². The van der Waals surface area contributed by atoms with Crippen LogP contribution in [0.25, 0.3) is 0 Å². The predicted molar refractivity (Wildman–Crippen MR) is 109 cm³/mol. The van der Waals surface area contributed by atoms with E-state index in [-0.39, 0.29) is 11.9 Å². The van der Waals surface area contributed by atoms with Crippen molar-refractivity contribution in [1.82, 2.24) is 0 Å². The number of aliphatic hydroxyl groups is 2. The highest BCUT2D eigenvalue weighted by Gasteiger charge is 2.35. The summed E-state index contributed by atoms with van der Waals surface area (Å²) < 4.78 is 11.2. The smallest absolute Gasteiger partial charge is 0.194 e. The van der Waals surface area contributed by atoms with Crippen molar-refractivity contribution in [3.8, 4) is 5.75 Å². The van der Waals surface area contributed by atoms with Crippen LogP contribution in [0, 0.1) is 0 Å². The minimum Gasteiger partial charge on any atom is -0.494 e. The molecule has 0 bridgehead atoms. The maximum atomic E-state index is 12.3. The summed E-state index contributed by atoms with van der Waals surface area (Å²) >= 11 is 6.36. The number of benzene rings is 2. The van der Waals surface area contributed by atoms with Crippen molar-refractivity contribution in [3.05, 3.63) is 64.2 Å². The molecule has 3 rings (SSSR count). The largest absolute Gasteiger partial charge is 0.494 e. The van der Waals surface area contributed by atoms with Gasteiger partial charge in [0.05, 0.1) is 12.7 Å². The number of carbonyl (C=O) groups is 1. The lowest BCUT2D eigenvalue weighted by atomic mass is 9.93. The molecular weight excluding hydrogens is 380 g/mol. The van der Waals surface area contributed by atoms with Crippen LogP contribution in [0.2, 0.25) is 5.02 Å². The van der Waals surface area contributed by atoms with E-state index < -0.39 is 12.2 Å². The van der Waals surface area contributed by atoms with Gasteiger partial charge in [0.2, 0.25) is 0 Å². The van der Waals surface area contributed by atoms with Gasteiger partial charge in [0.15, 0.2) is 5.78 Å². The van der Waals surface area contributed by atoms with E-state index in [0.29, 0.717) is 24.5 Å². The normalized spacial score (nSPS) is 21.6. The molecule has 0 amide bonds. The maximum absolute atomic E-state index is 12.3. The zero-order valence-corrected chi connectivity index (χ0v) is 17.1. The van der Waals surface area contributed by atoms with E-state index >= 15 is 0 Å². The van der Waals surface area contributed by atoms with Crippen molar-refractivity contribution in [1.29, 1.82) is 0 Å². The first-order valence-electron chi connectivity index (χ1n) is 9.30. The van der Waals surface area contributed by atoms with Crippen LogP contribution in [-0.2, 0) is 16.0 Å². The summed E-state index contributed by atoms with van der Waals surface area (Å²) in [5, 5.41) is 17.6. The van der Waals surface area contributed by atoms with Crippen molar-refractivity contribution in [2.24, 2.45) is 0 Å². The molecule has 6 heteroatoms. The molecule has 2 aromatic carbocycles. The Labute approximate surface area is 170 Å². The summed E-state index contributed by atoms with van der Waals surface area (Å²) in [6, 6.07) is 13.3. The number of hydrogen-bond acceptors (Lipinski definition) is 5. The minimum absolute atomic E-state index is 0.169. The van der Waals surface area contributed by atoms with Crippen molar-refractivity contribution >= 4 is 17.4 Å². The molecular formula is C22H27ClO5. The number of carbonyl (C=O) groups excluding carboxylic acids is 1. The molecule has 0 spiro atoms. The topological polar surface area (TPSA) is 76.0 Å². The number of rotatable bonds is 5. The third-order valence-electron chi connectivity index (χ3n) is 4.51. The third-order valence-corrected chi connectivity index (χ3v) is 4.88. The summed E-state index contributed by atoms with van der Waals surface area (Å²) in [5.74, 6) is 0.540. The van der Waals surface area contributed by atoms with Crippen molar-refractivity contribution in [2.45, 2.75) is 45.0 Å². The zero-order valence-electron chi connectivity index (χ0n) is 16.4. The van der Waals surface area contributed by atoms with E-state index in [4.69, 9.17) is 26.2 Å². The van der Waals surface area contributed by atoms with Gasteiger partial charge in [0, 0.05) is 18.6 Å². The minimum atomic E-state index is -0.978. The van der Waals surface area contributed by atoms with Crippen LogP contribution in [0.4, 0.5) is 0 Å². The lowest BCUT2D eigenvalue weighted by Gasteiger charge is -2.30. The van der Waals surface area contributed by atoms with Crippen LogP contribution in [-0.4, -0.2) is 41.9 Å². The summed E-state index contributed by atoms with van der Waals surface area (Å²) in [7, 11) is 1.00. The first-order valence-corrected chi connectivity index (χ1v) is 9.67. The lowest BCUT2D eigenvalue weighted by Crippen LogP contribution is -2.38. The van der Waals surface area contributed by atoms with Gasteiger partial charge in [-0.3, -0.25) is 4.79 Å². The Balaban J connectivity index is 0.00000136. The van der Waals surface area contributed by atoms with Crippen LogP contribution in [0.1, 0.15) is 43.1 Å². The first-order chi connectivity index (χ1) is 13.5. The molecule has 0 saturated carbocycles. The standard InChI is InChI=1S/C21H23ClO4.CH4O/c1-3-25-17-7-4-14(5-8-17)11-16-12-15(6-9-18(16)22)21-20(24)19(23)10-13(2)26-21;1-2/h4-9,12-13,19,21,23H,3,10-11H2,1-2H3;2H,1H3. The summed E-state index contributed by atoms with van der Waals surface area (Å²) in [5.41, 5.74) is 2.74. The van der Waals surface area contributed by atoms with Gasteiger partial charge in [-0.2, -0.15) is 0 Å². The molecule has 2 aromatic rings. The highest BCUT2D eigenvalue weighted by atomic mass is 35.5. The van der Waals surface area contributed by atoms with E-state index in [1.165, 1.54) is 0 Å². The van der Waals surface area contributed by atoms with Gasteiger partial charge in [0.25, 0.3) is 0 Å². The van der Waals surface area contributed by atoms with Gasteiger partial charge in [-0.25, -0.2) is 0 Å². The molecule has 1 aliphatic heterocycles. The van der Waals surface area contributed by atoms with Crippen LogP contribution in [0.5, 0.6) is 5.75 Å². The van der Waals surface area contributed by atoms with Gasteiger partial charge in [-0.05, 0) is 55.2 Å². The first kappa shape index (κ1) is 22.4. The number of Topliss-reactive ketones (excluding diaryl/α,β-unsaturated/α-hetero) is 1. The molecule has 1 aliphatic rings. The second-order valence-corrected chi connectivity index (χ2v) is 6.99. The molecule has 1 fully saturated rings. The second-order valence-electron chi connectivity index (χ2n) is 6.59. The molecule has 28 heavy (non-hydrogen) atoms. The fourth-order valence-corrected chi connectivity index (χ4v) is 3.37. The number of ketones is 1. The number of hydrogen-bond donors (Lipinski definition) is 2. The fraction of sp³-hybridized carbons (Fsp3) is 0.409. The average molecular weight is 407 g/mol. The monoisotopic (exact) mass is 406 g/mol. The summed E-state index contributed by atoms with van der Waals surface area (Å²) in [6.07, 6.45) is -0.919. The highest BCUT2D eigenvalue weighted by Crippen LogP contribution is 2.31. The van der Waals surface area contributed by atoms with E-state index in [2.05, 4.69) is 0 Å². The van der Waals surface area contributed by atoms with E-state index in [1.54, 1.807) is 12.1 Å². The molecule has 3 unspecified atom stereocenters. The Morgan fingerprint density at radius 1 is 1.18 bits per heavy atom. The molecule has 1 heterocycles. The Morgan fingerprint density at radius 2 is 1.86 bits per heavy atom. The molecule has 0 radical (unpaired) electrons. The third kappa shape index (κ3) is 5.55. The molecule has 2 N–H and O–H groups in total. The number of ether oxygens (including phenoxy) is 2. The van der Waals surface area contributed by atoms with Gasteiger partial charge >= 0.3 is 0 Å². The maximum Gasteiger partial charge on any atom is 0.194 e. The zero-order chi connectivity index (χ0) is 20.7. The van der Waals surface area contributed by atoms with Gasteiger partial charge in [-0.15, -0.1) is 0 Å². The van der Waals surface area contributed by atoms with Crippen molar-refractivity contribution in [3.63, 3.8) is 0 Å². The molecule has 0 aliphatic carbocycles.